The molecule has 4 rings (SSSR count). The van der Waals surface area contributed by atoms with Crippen molar-refractivity contribution in [2.75, 3.05) is 44.9 Å². The predicted molar refractivity (Wildman–Crippen MR) is 123 cm³/mol. The van der Waals surface area contributed by atoms with Crippen molar-refractivity contribution in [3.63, 3.8) is 0 Å². The summed E-state index contributed by atoms with van der Waals surface area (Å²) in [5, 5.41) is 0.654. The van der Waals surface area contributed by atoms with Gasteiger partial charge in [0.15, 0.2) is 0 Å². The largest absolute Gasteiger partial charge is 0.383 e. The van der Waals surface area contributed by atoms with Gasteiger partial charge in [-0.15, -0.1) is 0 Å². The number of aromatic nitrogens is 1. The molecule has 1 fully saturated rings. The van der Waals surface area contributed by atoms with E-state index in [0.717, 1.165) is 4.31 Å². The molecule has 0 saturated carbocycles. The minimum atomic E-state index is -4.11. The molecule has 2 amide bonds. The molecule has 0 radical (unpaired) electrons. The first kappa shape index (κ1) is 23.7. The molecule has 178 valence electrons. The van der Waals surface area contributed by atoms with Crippen LogP contribution in [0, 0.1) is 5.82 Å². The lowest BCUT2D eigenvalue weighted by atomic mass is 10.2. The van der Waals surface area contributed by atoms with Crippen molar-refractivity contribution in [2.45, 2.75) is 4.90 Å². The topological polar surface area (TPSA) is 100 Å². The van der Waals surface area contributed by atoms with Crippen molar-refractivity contribution < 1.29 is 27.1 Å². The third kappa shape index (κ3) is 4.76. The Morgan fingerprint density at radius 2 is 1.88 bits per heavy atom. The van der Waals surface area contributed by atoms with Gasteiger partial charge in [0.2, 0.25) is 21.8 Å². The third-order valence-corrected chi connectivity index (χ3v) is 7.38. The van der Waals surface area contributed by atoms with E-state index in [4.69, 9.17) is 4.74 Å². The molecule has 1 aliphatic heterocycles. The number of carbonyl (C=O) groups is 2. The van der Waals surface area contributed by atoms with Gasteiger partial charge in [0, 0.05) is 30.9 Å². The molecule has 1 aliphatic rings. The van der Waals surface area contributed by atoms with E-state index in [1.807, 2.05) is 0 Å². The lowest BCUT2D eigenvalue weighted by Gasteiger charge is -2.24. The number of anilines is 1. The Hall–Kier alpha value is -3.41. The first-order chi connectivity index (χ1) is 16.3. The van der Waals surface area contributed by atoms with Crippen LogP contribution in [0.1, 0.15) is 0 Å². The van der Waals surface area contributed by atoms with Crippen molar-refractivity contribution >= 4 is 38.4 Å². The number of fused-ring (bicyclic) bond motifs is 1. The minimum Gasteiger partial charge on any atom is -0.383 e. The first-order valence-electron chi connectivity index (χ1n) is 10.5. The number of rotatable bonds is 8. The van der Waals surface area contributed by atoms with Crippen molar-refractivity contribution in [2.24, 2.45) is 0 Å². The van der Waals surface area contributed by atoms with Crippen LogP contribution >= 0.6 is 0 Å². The van der Waals surface area contributed by atoms with E-state index in [0.29, 0.717) is 16.6 Å². The Labute approximate surface area is 196 Å². The summed E-state index contributed by atoms with van der Waals surface area (Å²) in [6, 6.07) is 13.6. The first-order valence-corrected chi connectivity index (χ1v) is 11.9. The predicted octanol–water partition coefficient (Wildman–Crippen LogP) is 1.84. The number of hydrogen-bond acceptors (Lipinski definition) is 6. The smallest absolute Gasteiger partial charge is 0.248 e. The van der Waals surface area contributed by atoms with Crippen LogP contribution in [0.25, 0.3) is 10.9 Å². The van der Waals surface area contributed by atoms with Crippen molar-refractivity contribution in [3.05, 3.63) is 66.6 Å². The van der Waals surface area contributed by atoms with Gasteiger partial charge in [0.1, 0.15) is 23.9 Å². The maximum atomic E-state index is 13.5. The average Bonchev–Trinajstić information content (AvgIpc) is 3.23. The summed E-state index contributed by atoms with van der Waals surface area (Å²) < 4.78 is 46.4. The lowest BCUT2D eigenvalue weighted by Crippen LogP contribution is -2.44. The minimum absolute atomic E-state index is 0.0139. The second-order valence-electron chi connectivity index (χ2n) is 7.69. The zero-order valence-corrected chi connectivity index (χ0v) is 19.2. The number of benzene rings is 2. The normalized spacial score (nSPS) is 14.4. The Bertz CT molecular complexity index is 1310. The molecule has 1 aromatic heterocycles. The summed E-state index contributed by atoms with van der Waals surface area (Å²) in [5.74, 6) is -1.32. The van der Waals surface area contributed by atoms with Crippen LogP contribution in [0.15, 0.2) is 65.7 Å². The number of halogens is 1. The highest BCUT2D eigenvalue weighted by Gasteiger charge is 2.35. The molecular formula is C23H23FN4O5S. The molecule has 3 aromatic rings. The Morgan fingerprint density at radius 3 is 2.62 bits per heavy atom. The van der Waals surface area contributed by atoms with Crippen molar-refractivity contribution in [1.29, 1.82) is 0 Å². The van der Waals surface area contributed by atoms with E-state index < -0.39 is 28.3 Å². The average molecular weight is 487 g/mol. The van der Waals surface area contributed by atoms with Crippen LogP contribution < -0.4 is 4.90 Å². The number of ether oxygens (including phenoxy) is 1. The quantitative estimate of drug-likeness (QED) is 0.482. The van der Waals surface area contributed by atoms with Crippen LogP contribution in [-0.2, 0) is 24.3 Å². The third-order valence-electron chi connectivity index (χ3n) is 5.50. The van der Waals surface area contributed by atoms with Gasteiger partial charge in [0.25, 0.3) is 0 Å². The highest BCUT2D eigenvalue weighted by atomic mass is 32.2. The van der Waals surface area contributed by atoms with Gasteiger partial charge >= 0.3 is 0 Å². The van der Waals surface area contributed by atoms with Gasteiger partial charge < -0.3 is 9.64 Å². The SMILES string of the molecule is COCCN(CC(=O)N1CC(=O)N(c2ccc(F)cc2)C1)S(=O)(=O)c1cccc2cccnc12. The number of amides is 2. The summed E-state index contributed by atoms with van der Waals surface area (Å²) in [6.07, 6.45) is 1.51. The van der Waals surface area contributed by atoms with Crippen LogP contribution in [0.3, 0.4) is 0 Å². The van der Waals surface area contributed by atoms with E-state index in [9.17, 15) is 22.4 Å². The molecule has 2 heterocycles. The maximum absolute atomic E-state index is 13.5. The molecule has 2 aromatic carbocycles. The van der Waals surface area contributed by atoms with Gasteiger partial charge in [-0.2, -0.15) is 4.31 Å². The number of methoxy groups -OCH3 is 1. The second-order valence-corrected chi connectivity index (χ2v) is 9.60. The van der Waals surface area contributed by atoms with Crippen LogP contribution in [0.5, 0.6) is 0 Å². The fourth-order valence-electron chi connectivity index (χ4n) is 3.71. The Balaban J connectivity index is 1.57. The van der Waals surface area contributed by atoms with Gasteiger partial charge in [-0.25, -0.2) is 12.8 Å². The van der Waals surface area contributed by atoms with Crippen LogP contribution in [0.2, 0.25) is 0 Å². The lowest BCUT2D eigenvalue weighted by molar-refractivity contribution is -0.132. The zero-order chi connectivity index (χ0) is 24.3. The summed E-state index contributed by atoms with van der Waals surface area (Å²) in [6.45, 7) is -0.719. The molecule has 0 bridgehead atoms. The van der Waals surface area contributed by atoms with Gasteiger partial charge in [-0.05, 0) is 36.4 Å². The van der Waals surface area contributed by atoms with E-state index in [1.54, 1.807) is 24.3 Å². The van der Waals surface area contributed by atoms with Gasteiger partial charge in [-0.1, -0.05) is 18.2 Å². The summed E-state index contributed by atoms with van der Waals surface area (Å²) >= 11 is 0. The fraction of sp³-hybridized carbons (Fsp3) is 0.261. The number of para-hydroxylation sites is 1. The molecule has 0 N–H and O–H groups in total. The van der Waals surface area contributed by atoms with E-state index in [1.165, 1.54) is 53.4 Å². The molecule has 34 heavy (non-hydrogen) atoms. The standard InChI is InChI=1S/C23H23FN4O5S/c1-33-13-12-27(34(31,32)20-6-2-4-17-5-3-11-25-23(17)20)15-21(29)26-14-22(30)28(16-26)19-9-7-18(24)8-10-19/h2-11H,12-16H2,1H3. The summed E-state index contributed by atoms with van der Waals surface area (Å²) in [7, 11) is -2.67. The number of pyridine rings is 1. The number of hydrogen-bond donors (Lipinski definition) is 0. The molecule has 9 nitrogen and oxygen atoms in total. The molecular weight excluding hydrogens is 463 g/mol. The monoisotopic (exact) mass is 486 g/mol. The van der Waals surface area contributed by atoms with Crippen molar-refractivity contribution in [1.82, 2.24) is 14.2 Å². The van der Waals surface area contributed by atoms with Crippen LogP contribution in [0.4, 0.5) is 10.1 Å². The highest BCUT2D eigenvalue weighted by molar-refractivity contribution is 7.89. The van der Waals surface area contributed by atoms with Gasteiger partial charge in [-0.3, -0.25) is 19.5 Å². The number of nitrogens with zero attached hydrogens (tertiary/aromatic N) is 4. The molecule has 0 atom stereocenters. The van der Waals surface area contributed by atoms with Gasteiger partial charge in [0.05, 0.1) is 18.7 Å². The zero-order valence-electron chi connectivity index (χ0n) is 18.4. The highest BCUT2D eigenvalue weighted by Crippen LogP contribution is 2.25. The summed E-state index contributed by atoms with van der Waals surface area (Å²) in [5.41, 5.74) is 0.756. The van der Waals surface area contributed by atoms with Crippen LogP contribution in [-0.4, -0.2) is 74.4 Å². The molecule has 0 aliphatic carbocycles. The summed E-state index contributed by atoms with van der Waals surface area (Å²) in [4.78, 5) is 32.4. The van der Waals surface area contributed by atoms with E-state index >= 15 is 0 Å². The molecule has 1 saturated heterocycles. The number of carbonyl (C=O) groups excluding carboxylic acids is 2. The second kappa shape index (κ2) is 9.84. The maximum Gasteiger partial charge on any atom is 0.248 e. The molecule has 11 heteroatoms. The van der Waals surface area contributed by atoms with Crippen molar-refractivity contribution in [3.8, 4) is 0 Å². The Morgan fingerprint density at radius 1 is 1.15 bits per heavy atom. The molecule has 0 unspecified atom stereocenters. The van der Waals surface area contributed by atoms with E-state index in [2.05, 4.69) is 4.98 Å². The Kier molecular flexibility index (Phi) is 6.87. The molecule has 0 spiro atoms. The van der Waals surface area contributed by atoms with E-state index in [-0.39, 0.29) is 37.2 Å². The number of sulfonamides is 1. The fourth-order valence-corrected chi connectivity index (χ4v) is 5.25.